The van der Waals surface area contributed by atoms with E-state index in [1.807, 2.05) is 0 Å². The molecule has 1 saturated heterocycles. The third-order valence-electron chi connectivity index (χ3n) is 3.97. The smallest absolute Gasteiger partial charge is 0.274 e. The number of nitrogens with one attached hydrogen (secondary N) is 1. The van der Waals surface area contributed by atoms with Crippen molar-refractivity contribution in [3.63, 3.8) is 0 Å². The molecule has 1 aliphatic heterocycles. The second-order valence-electron chi connectivity index (χ2n) is 5.40. The molecule has 0 bridgehead atoms. The van der Waals surface area contributed by atoms with Gasteiger partial charge < -0.3 is 5.32 Å². The minimum absolute atomic E-state index is 0. The summed E-state index contributed by atoms with van der Waals surface area (Å²) in [5.41, 5.74) is 0.932. The van der Waals surface area contributed by atoms with Crippen LogP contribution >= 0.6 is 36.4 Å². The fraction of sp³-hybridized carbons (Fsp3) is 0.600. The molecule has 8 heteroatoms. The van der Waals surface area contributed by atoms with Crippen LogP contribution in [-0.2, 0) is 0 Å². The van der Waals surface area contributed by atoms with E-state index in [9.17, 15) is 10.1 Å². The predicted molar refractivity (Wildman–Crippen MR) is 99.3 cm³/mol. The van der Waals surface area contributed by atoms with Gasteiger partial charge in [-0.1, -0.05) is 31.4 Å². The van der Waals surface area contributed by atoms with E-state index in [4.69, 9.17) is 11.6 Å². The molecule has 0 aliphatic carbocycles. The third kappa shape index (κ3) is 6.08. The summed E-state index contributed by atoms with van der Waals surface area (Å²) in [6.45, 7) is 5.82. The predicted octanol–water partition coefficient (Wildman–Crippen LogP) is 4.23. The van der Waals surface area contributed by atoms with Crippen LogP contribution in [0.25, 0.3) is 0 Å². The van der Waals surface area contributed by atoms with Gasteiger partial charge in [0.2, 0.25) is 0 Å². The summed E-state index contributed by atoms with van der Waals surface area (Å²) in [5.74, 6) is 0. The molecule has 5 nitrogen and oxygen atoms in total. The molecule has 0 unspecified atom stereocenters. The average Bonchev–Trinajstić information content (AvgIpc) is 2.48. The third-order valence-corrected chi connectivity index (χ3v) is 4.20. The van der Waals surface area contributed by atoms with Gasteiger partial charge in [-0.25, -0.2) is 0 Å². The van der Waals surface area contributed by atoms with Crippen molar-refractivity contribution in [1.29, 1.82) is 0 Å². The number of hydrogen-bond acceptors (Lipinski definition) is 4. The Morgan fingerprint density at radius 3 is 2.57 bits per heavy atom. The van der Waals surface area contributed by atoms with Crippen LogP contribution in [0.1, 0.15) is 37.8 Å². The van der Waals surface area contributed by atoms with Crippen molar-refractivity contribution in [2.45, 2.75) is 32.2 Å². The molecule has 1 heterocycles. The number of unbranched alkanes of at least 4 members (excludes halogenated alkanes) is 1. The molecule has 1 fully saturated rings. The van der Waals surface area contributed by atoms with Crippen LogP contribution in [0.5, 0.6) is 0 Å². The van der Waals surface area contributed by atoms with Crippen LogP contribution in [0.2, 0.25) is 5.02 Å². The van der Waals surface area contributed by atoms with Crippen LogP contribution < -0.4 is 5.32 Å². The number of benzene rings is 1. The lowest BCUT2D eigenvalue weighted by atomic mass is 9.97. The van der Waals surface area contributed by atoms with Gasteiger partial charge >= 0.3 is 0 Å². The van der Waals surface area contributed by atoms with E-state index in [0.29, 0.717) is 5.02 Å². The van der Waals surface area contributed by atoms with Gasteiger partial charge in [-0.15, -0.1) is 24.8 Å². The number of halogens is 3. The number of nitrogens with zero attached hydrogens (tertiary/aromatic N) is 2. The Morgan fingerprint density at radius 2 is 2.00 bits per heavy atom. The van der Waals surface area contributed by atoms with Crippen molar-refractivity contribution in [2.75, 3.05) is 26.2 Å². The van der Waals surface area contributed by atoms with Crippen molar-refractivity contribution >= 4 is 42.1 Å². The molecule has 1 aromatic rings. The zero-order chi connectivity index (χ0) is 15.2. The zero-order valence-electron chi connectivity index (χ0n) is 13.2. The second kappa shape index (κ2) is 11.0. The van der Waals surface area contributed by atoms with Gasteiger partial charge in [-0.3, -0.25) is 15.0 Å². The lowest BCUT2D eigenvalue weighted by molar-refractivity contribution is -0.386. The molecule has 1 N–H and O–H groups in total. The van der Waals surface area contributed by atoms with E-state index in [0.717, 1.165) is 51.0 Å². The van der Waals surface area contributed by atoms with Crippen LogP contribution in [-0.4, -0.2) is 36.0 Å². The summed E-state index contributed by atoms with van der Waals surface area (Å²) < 4.78 is 0. The highest BCUT2D eigenvalue weighted by molar-refractivity contribution is 6.30. The first-order valence-corrected chi connectivity index (χ1v) is 7.90. The molecule has 23 heavy (non-hydrogen) atoms. The summed E-state index contributed by atoms with van der Waals surface area (Å²) in [6.07, 6.45) is 3.06. The number of hydrogen-bond donors (Lipinski definition) is 1. The molecule has 0 amide bonds. The molecule has 1 aliphatic rings. The van der Waals surface area contributed by atoms with Crippen LogP contribution in [0.15, 0.2) is 18.2 Å². The maximum atomic E-state index is 11.3. The Balaban J connectivity index is 0.00000242. The van der Waals surface area contributed by atoms with Gasteiger partial charge in [-0.05, 0) is 18.6 Å². The molecule has 0 saturated carbocycles. The maximum Gasteiger partial charge on any atom is 0.274 e. The number of nitro benzene ring substituents is 1. The monoisotopic (exact) mass is 383 g/mol. The van der Waals surface area contributed by atoms with Gasteiger partial charge in [0.05, 0.1) is 4.92 Å². The van der Waals surface area contributed by atoms with Crippen LogP contribution in [0.4, 0.5) is 5.69 Å². The molecule has 1 atom stereocenters. The summed E-state index contributed by atoms with van der Waals surface area (Å²) in [7, 11) is 0. The first-order valence-electron chi connectivity index (χ1n) is 7.52. The van der Waals surface area contributed by atoms with Crippen LogP contribution in [0, 0.1) is 10.1 Å². The minimum atomic E-state index is -0.299. The molecule has 0 aromatic heterocycles. The topological polar surface area (TPSA) is 58.4 Å². The fourth-order valence-electron chi connectivity index (χ4n) is 2.88. The molecule has 0 radical (unpaired) electrons. The highest BCUT2D eigenvalue weighted by Crippen LogP contribution is 2.35. The zero-order valence-corrected chi connectivity index (χ0v) is 15.6. The SMILES string of the molecule is CCCC[C@@H](c1cc(Cl)ccc1[N+](=O)[O-])N1CCNCC1.Cl.Cl. The Morgan fingerprint density at radius 1 is 1.35 bits per heavy atom. The van der Waals surface area contributed by atoms with Crippen molar-refractivity contribution in [3.8, 4) is 0 Å². The second-order valence-corrected chi connectivity index (χ2v) is 5.84. The van der Waals surface area contributed by atoms with E-state index in [2.05, 4.69) is 17.1 Å². The quantitative estimate of drug-likeness (QED) is 0.589. The number of rotatable bonds is 6. The van der Waals surface area contributed by atoms with E-state index >= 15 is 0 Å². The van der Waals surface area contributed by atoms with Crippen LogP contribution in [0.3, 0.4) is 0 Å². The van der Waals surface area contributed by atoms with Gasteiger partial charge in [0.1, 0.15) is 0 Å². The Bertz CT molecular complexity index is 497. The summed E-state index contributed by atoms with van der Waals surface area (Å²) in [5, 5.41) is 15.2. The normalized spacial score (nSPS) is 16.1. The Hall–Kier alpha value is -0.590. The van der Waals surface area contributed by atoms with Gasteiger partial charge in [-0.2, -0.15) is 0 Å². The number of piperazine rings is 1. The maximum absolute atomic E-state index is 11.3. The van der Waals surface area contributed by atoms with E-state index in [-0.39, 0.29) is 41.5 Å². The van der Waals surface area contributed by atoms with Gasteiger partial charge in [0, 0.05) is 48.9 Å². The van der Waals surface area contributed by atoms with E-state index in [1.54, 1.807) is 12.1 Å². The molecule has 2 rings (SSSR count). The standard InChI is InChI=1S/C15H22ClN3O2.2ClH/c1-2-3-4-14(18-9-7-17-8-10-18)13-11-12(16)5-6-15(13)19(20)21;;/h5-6,11,14,17H,2-4,7-10H2,1H3;2*1H/t14-;;/m0../s1. The van der Waals surface area contributed by atoms with E-state index < -0.39 is 0 Å². The molecular formula is C15H24Cl3N3O2. The first kappa shape index (κ1) is 22.4. The molecule has 132 valence electrons. The molecule has 1 aromatic carbocycles. The minimum Gasteiger partial charge on any atom is -0.314 e. The Labute approximate surface area is 154 Å². The fourth-order valence-corrected chi connectivity index (χ4v) is 3.07. The van der Waals surface area contributed by atoms with Gasteiger partial charge in [0.15, 0.2) is 0 Å². The lowest BCUT2D eigenvalue weighted by Gasteiger charge is -2.35. The lowest BCUT2D eigenvalue weighted by Crippen LogP contribution is -2.45. The average molecular weight is 385 g/mol. The summed E-state index contributed by atoms with van der Waals surface area (Å²) >= 11 is 6.09. The molecular weight excluding hydrogens is 361 g/mol. The first-order chi connectivity index (χ1) is 10.1. The summed E-state index contributed by atoms with van der Waals surface area (Å²) in [6, 6.07) is 4.96. The van der Waals surface area contributed by atoms with Gasteiger partial charge in [0.25, 0.3) is 5.69 Å². The highest BCUT2D eigenvalue weighted by Gasteiger charge is 2.28. The number of nitro groups is 1. The largest absolute Gasteiger partial charge is 0.314 e. The summed E-state index contributed by atoms with van der Waals surface area (Å²) in [4.78, 5) is 13.4. The molecule has 0 spiro atoms. The highest BCUT2D eigenvalue weighted by atomic mass is 35.5. The van der Waals surface area contributed by atoms with Crippen molar-refractivity contribution in [1.82, 2.24) is 10.2 Å². The Kier molecular flexibility index (Phi) is 10.8. The van der Waals surface area contributed by atoms with Crippen molar-refractivity contribution in [3.05, 3.63) is 38.9 Å². The van der Waals surface area contributed by atoms with E-state index in [1.165, 1.54) is 6.07 Å². The van der Waals surface area contributed by atoms with Crippen molar-refractivity contribution < 1.29 is 4.92 Å². The van der Waals surface area contributed by atoms with Crippen molar-refractivity contribution in [2.24, 2.45) is 0 Å².